The number of ether oxygens (including phenoxy) is 1. The van der Waals surface area contributed by atoms with Gasteiger partial charge in [0.25, 0.3) is 0 Å². The van der Waals surface area contributed by atoms with Gasteiger partial charge in [0.15, 0.2) is 0 Å². The van der Waals surface area contributed by atoms with E-state index in [9.17, 15) is 4.79 Å². The highest BCUT2D eigenvalue weighted by atomic mass is 35.5. The summed E-state index contributed by atoms with van der Waals surface area (Å²) < 4.78 is 5.19. The van der Waals surface area contributed by atoms with Crippen molar-refractivity contribution in [2.75, 3.05) is 25.1 Å². The summed E-state index contributed by atoms with van der Waals surface area (Å²) in [5.74, 6) is -0.120. The molecule has 1 aliphatic heterocycles. The molecule has 2 heterocycles. The van der Waals surface area contributed by atoms with E-state index in [2.05, 4.69) is 20.8 Å². The molecule has 1 amide bonds. The van der Waals surface area contributed by atoms with Crippen molar-refractivity contribution >= 4 is 34.8 Å². The van der Waals surface area contributed by atoms with E-state index in [0.717, 1.165) is 5.01 Å². The highest BCUT2D eigenvalue weighted by Gasteiger charge is 2.21. The van der Waals surface area contributed by atoms with E-state index in [4.69, 9.17) is 4.74 Å². The summed E-state index contributed by atoms with van der Waals surface area (Å²) in [5, 5.41) is 14.8. The minimum atomic E-state index is -0.289. The number of aryl methyl sites for hydroxylation is 1. The van der Waals surface area contributed by atoms with Crippen molar-refractivity contribution in [3.05, 3.63) is 5.01 Å². The number of halogens is 1. The minimum absolute atomic E-state index is 0. The molecule has 0 bridgehead atoms. The van der Waals surface area contributed by atoms with E-state index >= 15 is 0 Å². The first-order valence-electron chi connectivity index (χ1n) is 4.68. The van der Waals surface area contributed by atoms with Crippen LogP contribution >= 0.6 is 23.7 Å². The van der Waals surface area contributed by atoms with Gasteiger partial charge in [-0.2, -0.15) is 0 Å². The van der Waals surface area contributed by atoms with Gasteiger partial charge in [0.1, 0.15) is 11.0 Å². The van der Waals surface area contributed by atoms with Gasteiger partial charge in [0.05, 0.1) is 13.2 Å². The fraction of sp³-hybridized carbons (Fsp3) is 0.625. The van der Waals surface area contributed by atoms with Crippen molar-refractivity contribution < 1.29 is 9.53 Å². The Morgan fingerprint density at radius 2 is 2.44 bits per heavy atom. The Labute approximate surface area is 103 Å². The monoisotopic (exact) mass is 264 g/mol. The Morgan fingerprint density at radius 3 is 3.00 bits per heavy atom. The lowest BCUT2D eigenvalue weighted by molar-refractivity contribution is -0.120. The summed E-state index contributed by atoms with van der Waals surface area (Å²) in [6.45, 7) is 3.61. The Kier molecular flexibility index (Phi) is 5.07. The van der Waals surface area contributed by atoms with Crippen molar-refractivity contribution in [1.82, 2.24) is 15.5 Å². The maximum Gasteiger partial charge on any atom is 0.245 e. The first-order valence-corrected chi connectivity index (χ1v) is 5.49. The van der Waals surface area contributed by atoms with Crippen LogP contribution in [0.15, 0.2) is 0 Å². The summed E-state index contributed by atoms with van der Waals surface area (Å²) in [6, 6.07) is -0.289. The number of rotatable bonds is 2. The quantitative estimate of drug-likeness (QED) is 0.798. The molecule has 1 saturated heterocycles. The number of aromatic nitrogens is 2. The predicted octanol–water partition coefficient (Wildman–Crippen LogP) is 0.195. The van der Waals surface area contributed by atoms with Gasteiger partial charge >= 0.3 is 0 Å². The lowest BCUT2D eigenvalue weighted by Gasteiger charge is -2.22. The number of amides is 1. The van der Waals surface area contributed by atoms with Crippen LogP contribution < -0.4 is 10.6 Å². The SMILES string of the molecule is Cc1nnc(NC(=O)C2COCCN2)s1.Cl. The molecule has 1 aromatic rings. The summed E-state index contributed by atoms with van der Waals surface area (Å²) in [7, 11) is 0. The maximum atomic E-state index is 11.7. The third-order valence-corrected chi connectivity index (χ3v) is 2.75. The van der Waals surface area contributed by atoms with Gasteiger partial charge in [-0.1, -0.05) is 11.3 Å². The highest BCUT2D eigenvalue weighted by Crippen LogP contribution is 2.13. The van der Waals surface area contributed by atoms with Crippen LogP contribution in [0.5, 0.6) is 0 Å². The number of morpholine rings is 1. The molecule has 2 N–H and O–H groups in total. The van der Waals surface area contributed by atoms with Crippen molar-refractivity contribution in [3.63, 3.8) is 0 Å². The molecule has 1 unspecified atom stereocenters. The van der Waals surface area contributed by atoms with E-state index in [1.54, 1.807) is 0 Å². The average Bonchev–Trinajstić information content (AvgIpc) is 2.65. The topological polar surface area (TPSA) is 76.1 Å². The number of nitrogens with one attached hydrogen (secondary N) is 2. The molecular formula is C8H13ClN4O2S. The Hall–Kier alpha value is -0.760. The van der Waals surface area contributed by atoms with Crippen LogP contribution in [0, 0.1) is 6.92 Å². The molecule has 2 rings (SSSR count). The van der Waals surface area contributed by atoms with Crippen LogP contribution in [-0.4, -0.2) is 41.9 Å². The van der Waals surface area contributed by atoms with E-state index < -0.39 is 0 Å². The molecule has 1 atom stereocenters. The maximum absolute atomic E-state index is 11.7. The molecule has 0 aliphatic carbocycles. The highest BCUT2D eigenvalue weighted by molar-refractivity contribution is 7.15. The lowest BCUT2D eigenvalue weighted by Crippen LogP contribution is -2.48. The van der Waals surface area contributed by atoms with Crippen molar-refractivity contribution in [2.45, 2.75) is 13.0 Å². The van der Waals surface area contributed by atoms with E-state index in [1.807, 2.05) is 6.92 Å². The van der Waals surface area contributed by atoms with E-state index in [1.165, 1.54) is 11.3 Å². The van der Waals surface area contributed by atoms with Gasteiger partial charge in [-0.15, -0.1) is 22.6 Å². The van der Waals surface area contributed by atoms with E-state index in [0.29, 0.717) is 24.9 Å². The van der Waals surface area contributed by atoms with Crippen LogP contribution in [0.4, 0.5) is 5.13 Å². The van der Waals surface area contributed by atoms with Gasteiger partial charge in [-0.05, 0) is 6.92 Å². The van der Waals surface area contributed by atoms with Crippen molar-refractivity contribution in [3.8, 4) is 0 Å². The molecule has 0 spiro atoms. The molecule has 1 fully saturated rings. The molecule has 1 aliphatic rings. The summed E-state index contributed by atoms with van der Waals surface area (Å²) in [5.41, 5.74) is 0. The molecule has 0 aromatic carbocycles. The zero-order valence-electron chi connectivity index (χ0n) is 8.73. The Balaban J connectivity index is 0.00000128. The second kappa shape index (κ2) is 6.09. The molecule has 8 heteroatoms. The van der Waals surface area contributed by atoms with Gasteiger partial charge < -0.3 is 10.1 Å². The van der Waals surface area contributed by atoms with Crippen LogP contribution in [-0.2, 0) is 9.53 Å². The Morgan fingerprint density at radius 1 is 1.62 bits per heavy atom. The smallest absolute Gasteiger partial charge is 0.245 e. The first-order chi connectivity index (χ1) is 7.25. The summed E-state index contributed by atoms with van der Waals surface area (Å²) >= 11 is 1.36. The second-order valence-electron chi connectivity index (χ2n) is 3.20. The number of carbonyl (C=O) groups is 1. The first kappa shape index (κ1) is 13.3. The largest absolute Gasteiger partial charge is 0.378 e. The Bertz CT molecular complexity index is 354. The normalized spacial score (nSPS) is 19.9. The van der Waals surface area contributed by atoms with Gasteiger partial charge in [-0.25, -0.2) is 0 Å². The van der Waals surface area contributed by atoms with Gasteiger partial charge in [0, 0.05) is 6.54 Å². The number of hydrogen-bond acceptors (Lipinski definition) is 6. The number of hydrogen-bond donors (Lipinski definition) is 2. The van der Waals surface area contributed by atoms with Crippen molar-refractivity contribution in [2.24, 2.45) is 0 Å². The van der Waals surface area contributed by atoms with Crippen LogP contribution in [0.2, 0.25) is 0 Å². The standard InChI is InChI=1S/C8H12N4O2S.ClH/c1-5-11-12-8(15-5)10-7(13)6-4-14-3-2-9-6;/h6,9H,2-4H2,1H3,(H,10,12,13);1H. The van der Waals surface area contributed by atoms with Crippen LogP contribution in [0.25, 0.3) is 0 Å². The van der Waals surface area contributed by atoms with Gasteiger partial charge in [-0.3, -0.25) is 10.1 Å². The zero-order valence-corrected chi connectivity index (χ0v) is 10.4. The van der Waals surface area contributed by atoms with Gasteiger partial charge in [0.2, 0.25) is 11.0 Å². The zero-order chi connectivity index (χ0) is 10.7. The fourth-order valence-corrected chi connectivity index (χ4v) is 1.87. The molecule has 0 radical (unpaired) electrons. The minimum Gasteiger partial charge on any atom is -0.378 e. The van der Waals surface area contributed by atoms with E-state index in [-0.39, 0.29) is 24.4 Å². The summed E-state index contributed by atoms with van der Waals surface area (Å²) in [6.07, 6.45) is 0. The predicted molar refractivity (Wildman–Crippen MR) is 63.1 cm³/mol. The number of nitrogens with zero attached hydrogens (tertiary/aromatic N) is 2. The van der Waals surface area contributed by atoms with Crippen LogP contribution in [0.3, 0.4) is 0 Å². The molecular weight excluding hydrogens is 252 g/mol. The molecule has 1 aromatic heterocycles. The summed E-state index contributed by atoms with van der Waals surface area (Å²) in [4.78, 5) is 11.7. The second-order valence-corrected chi connectivity index (χ2v) is 4.38. The average molecular weight is 265 g/mol. The molecule has 16 heavy (non-hydrogen) atoms. The van der Waals surface area contributed by atoms with Crippen molar-refractivity contribution in [1.29, 1.82) is 0 Å². The molecule has 90 valence electrons. The lowest BCUT2D eigenvalue weighted by atomic mass is 10.2. The third kappa shape index (κ3) is 3.38. The fourth-order valence-electron chi connectivity index (χ4n) is 1.27. The third-order valence-electron chi connectivity index (χ3n) is 1.99. The van der Waals surface area contributed by atoms with Crippen LogP contribution in [0.1, 0.15) is 5.01 Å². The number of anilines is 1. The molecule has 0 saturated carbocycles. The number of carbonyl (C=O) groups excluding carboxylic acids is 1. The molecule has 6 nitrogen and oxygen atoms in total.